The summed E-state index contributed by atoms with van der Waals surface area (Å²) in [7, 11) is 0. The Bertz CT molecular complexity index is 444. The molecule has 2 bridgehead atoms. The molecule has 0 unspecified atom stereocenters. The first-order chi connectivity index (χ1) is 7.84. The topological polar surface area (TPSA) is 0 Å². The summed E-state index contributed by atoms with van der Waals surface area (Å²) >= 11 is 0. The molecule has 4 rings (SSSR count). The lowest BCUT2D eigenvalue weighted by Crippen LogP contribution is -2.65. The Morgan fingerprint density at radius 2 is 1.82 bits per heavy atom. The molecule has 1 aromatic carbocycles. The number of halogens is 3. The molecule has 4 heteroatoms. The van der Waals surface area contributed by atoms with Crippen LogP contribution >= 0.6 is 0 Å². The van der Waals surface area contributed by atoms with Gasteiger partial charge in [-0.15, -0.1) is 0 Å². The molecule has 0 heterocycles. The molecule has 0 atom stereocenters. The van der Waals surface area contributed by atoms with E-state index in [0.29, 0.717) is 19.3 Å². The molecule has 0 saturated heterocycles. The fraction of sp³-hybridized carbons (Fsp3) is 0.538. The van der Waals surface area contributed by atoms with Crippen LogP contribution in [-0.4, -0.2) is 6.98 Å². The Balaban J connectivity index is 1.68. The minimum atomic E-state index is -4.62. The lowest BCUT2D eigenvalue weighted by molar-refractivity contribution is -0.111. The van der Waals surface area contributed by atoms with Gasteiger partial charge in [-0.2, -0.15) is 0 Å². The van der Waals surface area contributed by atoms with E-state index in [1.807, 2.05) is 25.1 Å². The SMILES string of the molecule is Cc1cccc(CC23CC([B-](F)(F)F)(C2)C3)c1. The second kappa shape index (κ2) is 3.09. The van der Waals surface area contributed by atoms with Gasteiger partial charge in [-0.05, 0) is 24.3 Å². The van der Waals surface area contributed by atoms with Gasteiger partial charge in [0.1, 0.15) is 0 Å². The van der Waals surface area contributed by atoms with Crippen LogP contribution in [0.4, 0.5) is 12.9 Å². The molecule has 92 valence electrons. The summed E-state index contributed by atoms with van der Waals surface area (Å²) < 4.78 is 38.3. The fourth-order valence-electron chi connectivity index (χ4n) is 3.87. The van der Waals surface area contributed by atoms with E-state index >= 15 is 0 Å². The number of rotatable bonds is 3. The van der Waals surface area contributed by atoms with Crippen LogP contribution in [0.2, 0.25) is 5.31 Å². The molecule has 3 aliphatic carbocycles. The third-order valence-corrected chi connectivity index (χ3v) is 4.54. The number of hydrogen-bond donors (Lipinski definition) is 0. The highest BCUT2D eigenvalue weighted by Gasteiger charge is 2.73. The van der Waals surface area contributed by atoms with Gasteiger partial charge in [0.05, 0.1) is 0 Å². The first kappa shape index (κ1) is 11.2. The third-order valence-electron chi connectivity index (χ3n) is 4.54. The lowest BCUT2D eigenvalue weighted by Gasteiger charge is -2.75. The molecule has 0 aromatic heterocycles. The highest BCUT2D eigenvalue weighted by molar-refractivity contribution is 6.63. The maximum atomic E-state index is 12.8. The van der Waals surface area contributed by atoms with Crippen LogP contribution in [0.15, 0.2) is 24.3 Å². The van der Waals surface area contributed by atoms with Gasteiger partial charge in [-0.25, -0.2) is 0 Å². The molecule has 0 amide bonds. The number of aryl methyl sites for hydroxylation is 1. The maximum absolute atomic E-state index is 12.8. The Morgan fingerprint density at radius 1 is 1.18 bits per heavy atom. The van der Waals surface area contributed by atoms with Crippen LogP contribution in [0.3, 0.4) is 0 Å². The van der Waals surface area contributed by atoms with E-state index in [9.17, 15) is 12.9 Å². The van der Waals surface area contributed by atoms with Crippen molar-refractivity contribution >= 4 is 6.98 Å². The van der Waals surface area contributed by atoms with E-state index in [-0.39, 0.29) is 5.41 Å². The number of benzene rings is 1. The zero-order chi connectivity index (χ0) is 12.3. The van der Waals surface area contributed by atoms with Crippen molar-refractivity contribution in [2.75, 3.05) is 0 Å². The molecule has 1 aromatic rings. The van der Waals surface area contributed by atoms with E-state index in [2.05, 4.69) is 6.07 Å². The zero-order valence-corrected chi connectivity index (χ0v) is 9.85. The van der Waals surface area contributed by atoms with Crippen molar-refractivity contribution in [3.8, 4) is 0 Å². The molecule has 0 radical (unpaired) electrons. The lowest BCUT2D eigenvalue weighted by atomic mass is 9.23. The van der Waals surface area contributed by atoms with Crippen molar-refractivity contribution < 1.29 is 12.9 Å². The van der Waals surface area contributed by atoms with Gasteiger partial charge in [0.25, 0.3) is 0 Å². The van der Waals surface area contributed by atoms with Crippen LogP contribution in [0.25, 0.3) is 0 Å². The molecule has 17 heavy (non-hydrogen) atoms. The highest BCUT2D eigenvalue weighted by Crippen LogP contribution is 2.83. The first-order valence-electron chi connectivity index (χ1n) is 6.09. The van der Waals surface area contributed by atoms with E-state index in [4.69, 9.17) is 0 Å². The van der Waals surface area contributed by atoms with Crippen molar-refractivity contribution in [3.05, 3.63) is 35.4 Å². The van der Waals surface area contributed by atoms with E-state index in [0.717, 1.165) is 6.42 Å². The molecule has 0 nitrogen and oxygen atoms in total. The third kappa shape index (κ3) is 1.53. The van der Waals surface area contributed by atoms with E-state index in [1.165, 1.54) is 11.1 Å². The van der Waals surface area contributed by atoms with E-state index in [1.54, 1.807) is 0 Å². The minimum absolute atomic E-state index is 0.0228. The van der Waals surface area contributed by atoms with Gasteiger partial charge in [-0.3, -0.25) is 0 Å². The monoisotopic (exact) mass is 239 g/mol. The quantitative estimate of drug-likeness (QED) is 0.689. The zero-order valence-electron chi connectivity index (χ0n) is 9.85. The van der Waals surface area contributed by atoms with Crippen LogP contribution in [0, 0.1) is 12.3 Å². The Hall–Kier alpha value is -0.925. The average Bonchev–Trinajstić information content (AvgIpc) is 2.06. The molecule has 3 fully saturated rings. The molecular formula is C13H15BF3-. The van der Waals surface area contributed by atoms with Gasteiger partial charge in [-0.1, -0.05) is 54.4 Å². The summed E-state index contributed by atoms with van der Waals surface area (Å²) in [6.07, 6.45) is 1.94. The Kier molecular flexibility index (Phi) is 2.03. The van der Waals surface area contributed by atoms with Crippen molar-refractivity contribution in [1.82, 2.24) is 0 Å². The summed E-state index contributed by atoms with van der Waals surface area (Å²) in [6, 6.07) is 8.12. The molecule has 0 aliphatic heterocycles. The first-order valence-corrected chi connectivity index (χ1v) is 6.09. The molecular weight excluding hydrogens is 224 g/mol. The summed E-state index contributed by atoms with van der Waals surface area (Å²) in [5.41, 5.74) is 2.35. The van der Waals surface area contributed by atoms with Crippen LogP contribution in [0.1, 0.15) is 30.4 Å². The Morgan fingerprint density at radius 3 is 2.35 bits per heavy atom. The maximum Gasteiger partial charge on any atom is 0.484 e. The second-order valence-corrected chi connectivity index (χ2v) is 6.13. The van der Waals surface area contributed by atoms with Gasteiger partial charge >= 0.3 is 6.98 Å². The Labute approximate surface area is 99.3 Å². The summed E-state index contributed by atoms with van der Waals surface area (Å²) in [5, 5.41) is -1.25. The van der Waals surface area contributed by atoms with Crippen LogP contribution in [0.5, 0.6) is 0 Å². The molecule has 3 aliphatic rings. The summed E-state index contributed by atoms with van der Waals surface area (Å²) in [5.74, 6) is 0. The van der Waals surface area contributed by atoms with Gasteiger partial charge in [0.15, 0.2) is 0 Å². The number of hydrogen-bond acceptors (Lipinski definition) is 0. The van der Waals surface area contributed by atoms with Crippen molar-refractivity contribution in [2.45, 2.75) is 37.9 Å². The van der Waals surface area contributed by atoms with Crippen LogP contribution in [-0.2, 0) is 6.42 Å². The fourth-order valence-corrected chi connectivity index (χ4v) is 3.87. The average molecular weight is 239 g/mol. The predicted octanol–water partition coefficient (Wildman–Crippen LogP) is 4.31. The van der Waals surface area contributed by atoms with Crippen molar-refractivity contribution in [2.24, 2.45) is 5.41 Å². The smallest absolute Gasteiger partial charge is 0.449 e. The largest absolute Gasteiger partial charge is 0.484 e. The van der Waals surface area contributed by atoms with Crippen LogP contribution < -0.4 is 0 Å². The minimum Gasteiger partial charge on any atom is -0.449 e. The van der Waals surface area contributed by atoms with Crippen molar-refractivity contribution in [3.63, 3.8) is 0 Å². The van der Waals surface area contributed by atoms with Gasteiger partial charge < -0.3 is 12.9 Å². The van der Waals surface area contributed by atoms with E-state index < -0.39 is 12.3 Å². The molecule has 0 N–H and O–H groups in total. The standard InChI is InChI=1S/C13H15BF3/c1-10-3-2-4-11(5-10)6-12-7-13(8-12,9-12)14(15,16)17/h2-5H,6-9H2,1H3/q-1. The van der Waals surface area contributed by atoms with Gasteiger partial charge in [0.2, 0.25) is 0 Å². The summed E-state index contributed by atoms with van der Waals surface area (Å²) in [6.45, 7) is -2.61. The molecule has 0 spiro atoms. The van der Waals surface area contributed by atoms with Crippen molar-refractivity contribution in [1.29, 1.82) is 0 Å². The molecule has 3 saturated carbocycles. The summed E-state index contributed by atoms with van der Waals surface area (Å²) in [4.78, 5) is 0. The predicted molar refractivity (Wildman–Crippen MR) is 62.9 cm³/mol. The second-order valence-electron chi connectivity index (χ2n) is 6.13. The van der Waals surface area contributed by atoms with Gasteiger partial charge in [0, 0.05) is 0 Å². The highest BCUT2D eigenvalue weighted by atomic mass is 19.4. The normalized spacial score (nSPS) is 35.1.